The van der Waals surface area contributed by atoms with E-state index in [4.69, 9.17) is 9.72 Å². The second kappa shape index (κ2) is 9.90. The number of hydrogen-bond acceptors (Lipinski definition) is 3. The van der Waals surface area contributed by atoms with Crippen molar-refractivity contribution in [3.05, 3.63) is 97.1 Å². The third-order valence-electron chi connectivity index (χ3n) is 6.86. The summed E-state index contributed by atoms with van der Waals surface area (Å²) in [5.74, 6) is 0.0294. The molecule has 36 heavy (non-hydrogen) atoms. The molecule has 2 N–H and O–H groups in total. The normalized spacial score (nSPS) is 14.2. The first-order valence-corrected chi connectivity index (χ1v) is 12.4. The van der Waals surface area contributed by atoms with Crippen LogP contribution < -0.4 is 10.2 Å². The molecular formula is C31H28N3O2+. The lowest BCUT2D eigenvalue weighted by molar-refractivity contribution is -0.899. The van der Waals surface area contributed by atoms with Crippen molar-refractivity contribution in [2.75, 3.05) is 38.2 Å². The molecule has 178 valence electrons. The van der Waals surface area contributed by atoms with Gasteiger partial charge < -0.3 is 15.0 Å². The van der Waals surface area contributed by atoms with E-state index in [2.05, 4.69) is 72.0 Å². The molecule has 0 atom stereocenters. The molecule has 1 aliphatic heterocycles. The van der Waals surface area contributed by atoms with Gasteiger partial charge in [-0.2, -0.15) is 0 Å². The number of aromatic nitrogens is 1. The van der Waals surface area contributed by atoms with Gasteiger partial charge in [-0.1, -0.05) is 72.8 Å². The quantitative estimate of drug-likeness (QED) is 0.367. The van der Waals surface area contributed by atoms with Crippen LogP contribution in [0.15, 0.2) is 97.1 Å². The van der Waals surface area contributed by atoms with E-state index in [9.17, 15) is 4.79 Å². The van der Waals surface area contributed by atoms with E-state index in [-0.39, 0.29) is 5.91 Å². The Morgan fingerprint density at radius 3 is 2.39 bits per heavy atom. The Bertz CT molecular complexity index is 1530. The number of anilines is 1. The highest BCUT2D eigenvalue weighted by molar-refractivity contribution is 6.13. The number of ether oxygens (including phenoxy) is 1. The Kier molecular flexibility index (Phi) is 6.16. The minimum atomic E-state index is 0.0294. The molecule has 0 spiro atoms. The molecular weight excluding hydrogens is 446 g/mol. The van der Waals surface area contributed by atoms with Crippen LogP contribution in [0.25, 0.3) is 44.1 Å². The van der Waals surface area contributed by atoms with Crippen LogP contribution >= 0.6 is 0 Å². The maximum Gasteiger partial charge on any atom is 0.279 e. The van der Waals surface area contributed by atoms with Gasteiger partial charge in [0.25, 0.3) is 5.91 Å². The number of pyridine rings is 1. The van der Waals surface area contributed by atoms with Crippen molar-refractivity contribution in [2.24, 2.45) is 0 Å². The average molecular weight is 475 g/mol. The maximum atomic E-state index is 12.5. The van der Waals surface area contributed by atoms with E-state index in [1.165, 1.54) is 21.2 Å². The number of morpholine rings is 1. The fourth-order valence-corrected chi connectivity index (χ4v) is 4.99. The Morgan fingerprint density at radius 1 is 0.833 bits per heavy atom. The van der Waals surface area contributed by atoms with E-state index in [1.807, 2.05) is 30.3 Å². The van der Waals surface area contributed by atoms with Crippen molar-refractivity contribution < 1.29 is 14.4 Å². The Morgan fingerprint density at radius 2 is 1.58 bits per heavy atom. The van der Waals surface area contributed by atoms with E-state index in [0.717, 1.165) is 59.7 Å². The van der Waals surface area contributed by atoms with Crippen molar-refractivity contribution >= 4 is 33.3 Å². The van der Waals surface area contributed by atoms with Crippen LogP contribution in [0.5, 0.6) is 0 Å². The summed E-state index contributed by atoms with van der Waals surface area (Å²) in [5, 5.41) is 6.60. The van der Waals surface area contributed by atoms with Gasteiger partial charge in [-0.3, -0.25) is 4.79 Å². The van der Waals surface area contributed by atoms with Crippen molar-refractivity contribution in [1.29, 1.82) is 0 Å². The third-order valence-corrected chi connectivity index (χ3v) is 6.86. The predicted octanol–water partition coefficient (Wildman–Crippen LogP) is 4.58. The van der Waals surface area contributed by atoms with Gasteiger partial charge in [0.15, 0.2) is 6.54 Å². The molecule has 4 aromatic carbocycles. The zero-order chi connectivity index (χ0) is 24.3. The summed E-state index contributed by atoms with van der Waals surface area (Å²) in [6, 6.07) is 33.3. The van der Waals surface area contributed by atoms with Gasteiger partial charge in [0.2, 0.25) is 0 Å². The van der Waals surface area contributed by atoms with Gasteiger partial charge in [-0.05, 0) is 46.2 Å². The zero-order valence-electron chi connectivity index (χ0n) is 20.0. The van der Waals surface area contributed by atoms with Crippen molar-refractivity contribution in [2.45, 2.75) is 0 Å². The lowest BCUT2D eigenvalue weighted by atomic mass is 9.94. The summed E-state index contributed by atoms with van der Waals surface area (Å²) < 4.78 is 5.38. The second-order valence-electron chi connectivity index (χ2n) is 9.27. The van der Waals surface area contributed by atoms with Crippen molar-refractivity contribution in [1.82, 2.24) is 4.98 Å². The molecule has 1 amide bonds. The van der Waals surface area contributed by atoms with E-state index >= 15 is 0 Å². The van der Waals surface area contributed by atoms with E-state index < -0.39 is 0 Å². The van der Waals surface area contributed by atoms with Crippen LogP contribution in [0.1, 0.15) is 0 Å². The molecule has 0 saturated carbocycles. The average Bonchev–Trinajstić information content (AvgIpc) is 2.93. The summed E-state index contributed by atoms with van der Waals surface area (Å²) in [6.07, 6.45) is 0. The first-order chi connectivity index (χ1) is 17.7. The number of rotatable bonds is 5. The number of carbonyl (C=O) groups is 1. The monoisotopic (exact) mass is 474 g/mol. The molecule has 1 fully saturated rings. The van der Waals surface area contributed by atoms with Crippen LogP contribution in [0.3, 0.4) is 0 Å². The number of benzene rings is 4. The Labute approximate surface area is 210 Å². The number of nitrogens with one attached hydrogen (secondary N) is 2. The van der Waals surface area contributed by atoms with Crippen LogP contribution in [-0.2, 0) is 9.53 Å². The van der Waals surface area contributed by atoms with Crippen LogP contribution in [0, 0.1) is 0 Å². The molecule has 2 heterocycles. The molecule has 1 saturated heterocycles. The first-order valence-electron chi connectivity index (χ1n) is 12.4. The van der Waals surface area contributed by atoms with E-state index in [1.54, 1.807) is 0 Å². The van der Waals surface area contributed by atoms with Crippen LogP contribution in [0.2, 0.25) is 0 Å². The van der Waals surface area contributed by atoms with Gasteiger partial charge in [-0.25, -0.2) is 4.98 Å². The largest absolute Gasteiger partial charge is 0.370 e. The summed E-state index contributed by atoms with van der Waals surface area (Å²) in [6.45, 7) is 3.65. The minimum Gasteiger partial charge on any atom is -0.370 e. The number of nitrogens with zero attached hydrogens (tertiary/aromatic N) is 1. The summed E-state index contributed by atoms with van der Waals surface area (Å²) in [4.78, 5) is 18.8. The minimum absolute atomic E-state index is 0.0294. The molecule has 0 aliphatic carbocycles. The zero-order valence-corrected chi connectivity index (χ0v) is 20.0. The first kappa shape index (κ1) is 22.4. The lowest BCUT2D eigenvalue weighted by Crippen LogP contribution is -3.15. The standard InChI is InChI=1S/C31H27N3O2/c35-30(21-34-16-18-36-19-17-34)32-25-13-10-24(11-14-25)29-20-27(22-6-2-1-3-7-22)31-26-9-5-4-8-23(26)12-15-28(31)33-29/h1-15,20H,16-19,21H2,(H,32,35)/p+1. The van der Waals surface area contributed by atoms with Gasteiger partial charge in [0.1, 0.15) is 13.1 Å². The smallest absolute Gasteiger partial charge is 0.279 e. The number of fused-ring (bicyclic) bond motifs is 3. The molecule has 5 nitrogen and oxygen atoms in total. The molecule has 0 bridgehead atoms. The number of carbonyl (C=O) groups excluding carboxylic acids is 1. The summed E-state index contributed by atoms with van der Waals surface area (Å²) in [7, 11) is 0. The van der Waals surface area contributed by atoms with Gasteiger partial charge in [0, 0.05) is 16.6 Å². The van der Waals surface area contributed by atoms with Crippen LogP contribution in [0.4, 0.5) is 5.69 Å². The maximum absolute atomic E-state index is 12.5. The van der Waals surface area contributed by atoms with Gasteiger partial charge >= 0.3 is 0 Å². The predicted molar refractivity (Wildman–Crippen MR) is 145 cm³/mol. The highest BCUT2D eigenvalue weighted by Gasteiger charge is 2.18. The number of amides is 1. The summed E-state index contributed by atoms with van der Waals surface area (Å²) in [5.41, 5.74) is 6.02. The number of quaternary nitrogens is 1. The fraction of sp³-hybridized carbons (Fsp3) is 0.161. The highest BCUT2D eigenvalue weighted by Crippen LogP contribution is 2.36. The van der Waals surface area contributed by atoms with E-state index in [0.29, 0.717) is 6.54 Å². The van der Waals surface area contributed by atoms with Crippen molar-refractivity contribution in [3.8, 4) is 22.4 Å². The highest BCUT2D eigenvalue weighted by atomic mass is 16.5. The molecule has 5 heteroatoms. The second-order valence-corrected chi connectivity index (χ2v) is 9.27. The lowest BCUT2D eigenvalue weighted by Gasteiger charge is -2.23. The Balaban J connectivity index is 1.34. The van der Waals surface area contributed by atoms with Crippen molar-refractivity contribution in [3.63, 3.8) is 0 Å². The summed E-state index contributed by atoms with van der Waals surface area (Å²) >= 11 is 0. The number of hydrogen-bond donors (Lipinski definition) is 2. The fourth-order valence-electron chi connectivity index (χ4n) is 4.99. The molecule has 5 aromatic rings. The molecule has 0 unspecified atom stereocenters. The van der Waals surface area contributed by atoms with Gasteiger partial charge in [0.05, 0.1) is 24.4 Å². The Hall–Kier alpha value is -4.06. The SMILES string of the molecule is O=C(C[NH+]1CCOCC1)Nc1ccc(-c2cc(-c3ccccc3)c3c(ccc4ccccc43)n2)cc1. The molecule has 0 radical (unpaired) electrons. The third kappa shape index (κ3) is 4.59. The molecule has 6 rings (SSSR count). The van der Waals surface area contributed by atoms with Gasteiger partial charge in [-0.15, -0.1) is 0 Å². The van der Waals surface area contributed by atoms with Crippen LogP contribution in [-0.4, -0.2) is 43.7 Å². The molecule has 1 aromatic heterocycles. The molecule has 1 aliphatic rings. The topological polar surface area (TPSA) is 55.7 Å².